The zero-order valence-corrected chi connectivity index (χ0v) is 14.2. The number of amides is 1. The molecule has 0 saturated carbocycles. The summed E-state index contributed by atoms with van der Waals surface area (Å²) < 4.78 is 7.47. The number of hydrogen-bond donors (Lipinski definition) is 1. The van der Waals surface area contributed by atoms with Crippen LogP contribution < -0.4 is 5.32 Å². The van der Waals surface area contributed by atoms with Gasteiger partial charge in [0.2, 0.25) is 0 Å². The normalized spacial score (nSPS) is 11.9. The Bertz CT molecular complexity index is 828. The average Bonchev–Trinajstić information content (AvgIpc) is 3.07. The molecule has 0 aliphatic heterocycles. The van der Waals surface area contributed by atoms with E-state index in [-0.39, 0.29) is 5.91 Å². The molecular weight excluding hydrogens is 316 g/mol. The highest BCUT2D eigenvalue weighted by Crippen LogP contribution is 2.22. The van der Waals surface area contributed by atoms with Crippen LogP contribution in [0.4, 0.5) is 5.69 Å². The summed E-state index contributed by atoms with van der Waals surface area (Å²) in [4.78, 5) is 12.6. The third-order valence-electron chi connectivity index (χ3n) is 3.80. The first-order chi connectivity index (χ1) is 12.2. The number of aromatic nitrogens is 3. The van der Waals surface area contributed by atoms with Crippen molar-refractivity contribution in [3.63, 3.8) is 0 Å². The molecule has 0 aliphatic rings. The molecule has 0 unspecified atom stereocenters. The zero-order valence-electron chi connectivity index (χ0n) is 14.2. The number of benzene rings is 2. The van der Waals surface area contributed by atoms with Gasteiger partial charge in [-0.25, -0.2) is 0 Å². The maximum Gasteiger partial charge on any atom is 0.258 e. The van der Waals surface area contributed by atoms with E-state index in [9.17, 15) is 4.79 Å². The molecule has 0 fully saturated rings. The van der Waals surface area contributed by atoms with E-state index in [2.05, 4.69) is 15.5 Å². The SMILES string of the molecule is CCO[C@H](C(=O)Nc1ccc(-c2nncn2C)cc1)c1ccccc1. The molecule has 1 N–H and O–H groups in total. The summed E-state index contributed by atoms with van der Waals surface area (Å²) in [5, 5.41) is 10.9. The van der Waals surface area contributed by atoms with Gasteiger partial charge in [0.05, 0.1) is 0 Å². The first-order valence-electron chi connectivity index (χ1n) is 8.11. The molecule has 0 bridgehead atoms. The minimum atomic E-state index is -0.635. The van der Waals surface area contributed by atoms with E-state index in [1.807, 2.05) is 73.1 Å². The Balaban J connectivity index is 1.74. The minimum Gasteiger partial charge on any atom is -0.364 e. The second-order valence-electron chi connectivity index (χ2n) is 5.58. The molecule has 1 aromatic heterocycles. The maximum atomic E-state index is 12.6. The Morgan fingerprint density at radius 1 is 1.16 bits per heavy atom. The van der Waals surface area contributed by atoms with Crippen LogP contribution in [0.2, 0.25) is 0 Å². The van der Waals surface area contributed by atoms with Crippen molar-refractivity contribution in [2.75, 3.05) is 11.9 Å². The maximum absolute atomic E-state index is 12.6. The number of hydrogen-bond acceptors (Lipinski definition) is 4. The number of rotatable bonds is 6. The predicted molar refractivity (Wildman–Crippen MR) is 95.9 cm³/mol. The Labute approximate surface area is 146 Å². The van der Waals surface area contributed by atoms with E-state index >= 15 is 0 Å². The average molecular weight is 336 g/mol. The molecule has 1 heterocycles. The largest absolute Gasteiger partial charge is 0.364 e. The number of nitrogens with one attached hydrogen (secondary N) is 1. The van der Waals surface area contributed by atoms with Gasteiger partial charge in [-0.05, 0) is 36.8 Å². The monoisotopic (exact) mass is 336 g/mol. The standard InChI is InChI=1S/C19H20N4O2/c1-3-25-17(14-7-5-4-6-8-14)19(24)21-16-11-9-15(10-12-16)18-22-20-13-23(18)2/h4-13,17H,3H2,1-2H3,(H,21,24)/t17-/m0/s1. The highest BCUT2D eigenvalue weighted by Gasteiger charge is 2.20. The molecule has 128 valence electrons. The number of carbonyl (C=O) groups excluding carboxylic acids is 1. The van der Waals surface area contributed by atoms with Gasteiger partial charge in [0.15, 0.2) is 11.9 Å². The summed E-state index contributed by atoms with van der Waals surface area (Å²) >= 11 is 0. The molecule has 2 aromatic carbocycles. The molecule has 1 atom stereocenters. The lowest BCUT2D eigenvalue weighted by Gasteiger charge is -2.17. The highest BCUT2D eigenvalue weighted by atomic mass is 16.5. The number of carbonyl (C=O) groups is 1. The first-order valence-corrected chi connectivity index (χ1v) is 8.11. The van der Waals surface area contributed by atoms with Gasteiger partial charge < -0.3 is 14.6 Å². The van der Waals surface area contributed by atoms with Crippen LogP contribution in [0.25, 0.3) is 11.4 Å². The molecule has 3 rings (SSSR count). The highest BCUT2D eigenvalue weighted by molar-refractivity contribution is 5.95. The van der Waals surface area contributed by atoms with Crippen LogP contribution in [-0.4, -0.2) is 27.3 Å². The topological polar surface area (TPSA) is 69.0 Å². The molecule has 0 aliphatic carbocycles. The summed E-state index contributed by atoms with van der Waals surface area (Å²) in [6.07, 6.45) is 1.02. The van der Waals surface area contributed by atoms with E-state index in [1.54, 1.807) is 6.33 Å². The molecule has 0 radical (unpaired) electrons. The van der Waals surface area contributed by atoms with Crippen molar-refractivity contribution in [3.8, 4) is 11.4 Å². The van der Waals surface area contributed by atoms with Gasteiger partial charge in [-0.1, -0.05) is 30.3 Å². The van der Waals surface area contributed by atoms with Crippen LogP contribution in [0.15, 0.2) is 60.9 Å². The Morgan fingerprint density at radius 2 is 1.88 bits per heavy atom. The van der Waals surface area contributed by atoms with Gasteiger partial charge in [-0.2, -0.15) is 0 Å². The summed E-state index contributed by atoms with van der Waals surface area (Å²) in [6.45, 7) is 2.33. The molecular formula is C19H20N4O2. The van der Waals surface area contributed by atoms with E-state index in [4.69, 9.17) is 4.74 Å². The van der Waals surface area contributed by atoms with Crippen LogP contribution in [0.1, 0.15) is 18.6 Å². The second kappa shape index (κ2) is 7.72. The van der Waals surface area contributed by atoms with E-state index in [0.717, 1.165) is 17.0 Å². The van der Waals surface area contributed by atoms with Crippen molar-refractivity contribution in [1.29, 1.82) is 0 Å². The predicted octanol–water partition coefficient (Wildman–Crippen LogP) is 3.20. The lowest BCUT2D eigenvalue weighted by Crippen LogP contribution is -2.23. The van der Waals surface area contributed by atoms with Crippen molar-refractivity contribution in [2.45, 2.75) is 13.0 Å². The quantitative estimate of drug-likeness (QED) is 0.750. The van der Waals surface area contributed by atoms with Gasteiger partial charge in [0.25, 0.3) is 5.91 Å². The number of nitrogens with zero attached hydrogens (tertiary/aromatic N) is 3. The first kappa shape index (κ1) is 16.9. The Kier molecular flexibility index (Phi) is 5.20. The van der Waals surface area contributed by atoms with Crippen molar-refractivity contribution in [3.05, 3.63) is 66.5 Å². The van der Waals surface area contributed by atoms with Crippen LogP contribution in [0.3, 0.4) is 0 Å². The van der Waals surface area contributed by atoms with Crippen molar-refractivity contribution in [1.82, 2.24) is 14.8 Å². The lowest BCUT2D eigenvalue weighted by atomic mass is 10.1. The van der Waals surface area contributed by atoms with Crippen molar-refractivity contribution >= 4 is 11.6 Å². The third kappa shape index (κ3) is 3.92. The van der Waals surface area contributed by atoms with Gasteiger partial charge in [-0.15, -0.1) is 10.2 Å². The second-order valence-corrected chi connectivity index (χ2v) is 5.58. The molecule has 6 heteroatoms. The van der Waals surface area contributed by atoms with Gasteiger partial charge in [-0.3, -0.25) is 4.79 Å². The fourth-order valence-corrected chi connectivity index (χ4v) is 2.57. The fraction of sp³-hybridized carbons (Fsp3) is 0.211. The summed E-state index contributed by atoms with van der Waals surface area (Å²) in [6, 6.07) is 17.0. The van der Waals surface area contributed by atoms with Crippen LogP contribution >= 0.6 is 0 Å². The molecule has 1 amide bonds. The van der Waals surface area contributed by atoms with Crippen LogP contribution in [0.5, 0.6) is 0 Å². The Hall–Kier alpha value is -2.99. The number of ether oxygens (including phenoxy) is 1. The number of aryl methyl sites for hydroxylation is 1. The molecule has 0 spiro atoms. The summed E-state index contributed by atoms with van der Waals surface area (Å²) in [5.41, 5.74) is 2.47. The lowest BCUT2D eigenvalue weighted by molar-refractivity contribution is -0.127. The minimum absolute atomic E-state index is 0.195. The van der Waals surface area contributed by atoms with Crippen LogP contribution in [0, 0.1) is 0 Å². The van der Waals surface area contributed by atoms with Gasteiger partial charge in [0, 0.05) is 24.9 Å². The third-order valence-corrected chi connectivity index (χ3v) is 3.80. The summed E-state index contributed by atoms with van der Waals surface area (Å²) in [7, 11) is 1.89. The van der Waals surface area contributed by atoms with E-state index in [1.165, 1.54) is 0 Å². The van der Waals surface area contributed by atoms with Gasteiger partial charge >= 0.3 is 0 Å². The van der Waals surface area contributed by atoms with E-state index in [0.29, 0.717) is 12.3 Å². The molecule has 3 aromatic rings. The van der Waals surface area contributed by atoms with E-state index < -0.39 is 6.10 Å². The zero-order chi connectivity index (χ0) is 17.6. The van der Waals surface area contributed by atoms with Crippen molar-refractivity contribution < 1.29 is 9.53 Å². The molecule has 25 heavy (non-hydrogen) atoms. The fourth-order valence-electron chi connectivity index (χ4n) is 2.57. The number of anilines is 1. The van der Waals surface area contributed by atoms with Gasteiger partial charge in [0.1, 0.15) is 6.33 Å². The summed E-state index contributed by atoms with van der Waals surface area (Å²) in [5.74, 6) is 0.578. The molecule has 0 saturated heterocycles. The molecule has 6 nitrogen and oxygen atoms in total. The van der Waals surface area contributed by atoms with Crippen LogP contribution in [-0.2, 0) is 16.6 Å². The smallest absolute Gasteiger partial charge is 0.258 e. The van der Waals surface area contributed by atoms with Crippen molar-refractivity contribution in [2.24, 2.45) is 7.05 Å². The Morgan fingerprint density at radius 3 is 2.48 bits per heavy atom.